The highest BCUT2D eigenvalue weighted by atomic mass is 16.5. The normalized spacial score (nSPS) is 11.9. The number of benzene rings is 2. The highest BCUT2D eigenvalue weighted by molar-refractivity contribution is 5.78. The summed E-state index contributed by atoms with van der Waals surface area (Å²) in [7, 11) is 1.73. The van der Waals surface area contributed by atoms with Crippen molar-refractivity contribution >= 4 is 0 Å². The van der Waals surface area contributed by atoms with Gasteiger partial charge in [0.15, 0.2) is 0 Å². The van der Waals surface area contributed by atoms with Gasteiger partial charge in [-0.15, -0.1) is 0 Å². The van der Waals surface area contributed by atoms with E-state index in [-0.39, 0.29) is 5.60 Å². The zero-order valence-electron chi connectivity index (χ0n) is 16.9. The molecular weight excluding hydrogens is 308 g/mol. The van der Waals surface area contributed by atoms with Gasteiger partial charge in [-0.25, -0.2) is 0 Å². The Morgan fingerprint density at radius 3 is 1.84 bits per heavy atom. The lowest BCUT2D eigenvalue weighted by molar-refractivity contribution is 0.131. The minimum absolute atomic E-state index is 0.232. The fourth-order valence-electron chi connectivity index (χ4n) is 3.16. The van der Waals surface area contributed by atoms with Gasteiger partial charge in [0.1, 0.15) is 17.1 Å². The van der Waals surface area contributed by atoms with Crippen LogP contribution in [0, 0.1) is 0 Å². The summed E-state index contributed by atoms with van der Waals surface area (Å²) in [6, 6.07) is 12.7. The van der Waals surface area contributed by atoms with E-state index in [0.29, 0.717) is 11.8 Å². The smallest absolute Gasteiger partial charge is 0.126 e. The van der Waals surface area contributed by atoms with E-state index >= 15 is 0 Å². The lowest BCUT2D eigenvalue weighted by Crippen LogP contribution is -2.22. The molecule has 0 heterocycles. The van der Waals surface area contributed by atoms with E-state index in [1.807, 2.05) is 12.1 Å². The summed E-state index contributed by atoms with van der Waals surface area (Å²) in [5.74, 6) is 2.63. The summed E-state index contributed by atoms with van der Waals surface area (Å²) in [6.07, 6.45) is 0. The predicted molar refractivity (Wildman–Crippen MR) is 107 cm³/mol. The highest BCUT2D eigenvalue weighted by Gasteiger charge is 2.20. The van der Waals surface area contributed by atoms with Crippen LogP contribution >= 0.6 is 0 Å². The molecule has 0 fully saturated rings. The minimum Gasteiger partial charge on any atom is -0.496 e. The van der Waals surface area contributed by atoms with Crippen LogP contribution in [0.1, 0.15) is 71.4 Å². The van der Waals surface area contributed by atoms with E-state index in [0.717, 1.165) is 17.1 Å². The second-order valence-electron chi connectivity index (χ2n) is 8.20. The molecule has 2 aromatic rings. The monoisotopic (exact) mass is 340 g/mol. The summed E-state index contributed by atoms with van der Waals surface area (Å²) >= 11 is 0. The Morgan fingerprint density at radius 1 is 0.840 bits per heavy atom. The molecule has 2 nitrogen and oxygen atoms in total. The summed E-state index contributed by atoms with van der Waals surface area (Å²) < 4.78 is 11.8. The second kappa shape index (κ2) is 7.51. The molecule has 2 heteroatoms. The Hall–Kier alpha value is -1.96. The van der Waals surface area contributed by atoms with Crippen molar-refractivity contribution in [1.29, 1.82) is 0 Å². The van der Waals surface area contributed by atoms with Crippen LogP contribution in [0.25, 0.3) is 11.1 Å². The quantitative estimate of drug-likeness (QED) is 0.597. The fraction of sp³-hybridized carbons (Fsp3) is 0.478. The maximum absolute atomic E-state index is 6.11. The van der Waals surface area contributed by atoms with Gasteiger partial charge in [0, 0.05) is 5.56 Å². The van der Waals surface area contributed by atoms with Crippen LogP contribution in [0.15, 0.2) is 36.4 Å². The number of hydrogen-bond donors (Lipinski definition) is 0. The van der Waals surface area contributed by atoms with Crippen LogP contribution < -0.4 is 9.47 Å². The molecule has 25 heavy (non-hydrogen) atoms. The van der Waals surface area contributed by atoms with Gasteiger partial charge in [-0.1, -0.05) is 45.9 Å². The summed E-state index contributed by atoms with van der Waals surface area (Å²) in [5.41, 5.74) is 4.85. The zero-order chi connectivity index (χ0) is 18.8. The van der Waals surface area contributed by atoms with Crippen molar-refractivity contribution in [3.63, 3.8) is 0 Å². The molecule has 136 valence electrons. The van der Waals surface area contributed by atoms with Crippen LogP contribution in [0.4, 0.5) is 0 Å². The van der Waals surface area contributed by atoms with Crippen LogP contribution in [0.2, 0.25) is 0 Å². The van der Waals surface area contributed by atoms with E-state index in [9.17, 15) is 0 Å². The van der Waals surface area contributed by atoms with E-state index in [2.05, 4.69) is 72.7 Å². The Labute approximate surface area is 153 Å². The van der Waals surface area contributed by atoms with Gasteiger partial charge in [-0.05, 0) is 67.5 Å². The molecule has 0 aliphatic rings. The Kier molecular flexibility index (Phi) is 5.82. The van der Waals surface area contributed by atoms with Crippen LogP contribution in [-0.2, 0) is 0 Å². The van der Waals surface area contributed by atoms with Gasteiger partial charge in [-0.3, -0.25) is 0 Å². The average Bonchev–Trinajstić information content (AvgIpc) is 2.52. The molecule has 0 spiro atoms. The molecule has 0 radical (unpaired) electrons. The van der Waals surface area contributed by atoms with Crippen molar-refractivity contribution < 1.29 is 9.47 Å². The number of rotatable bonds is 5. The zero-order valence-corrected chi connectivity index (χ0v) is 16.9. The molecule has 0 aromatic heterocycles. The van der Waals surface area contributed by atoms with Crippen molar-refractivity contribution in [3.8, 4) is 22.6 Å². The van der Waals surface area contributed by atoms with Crippen molar-refractivity contribution in [2.45, 2.75) is 65.9 Å². The first kappa shape index (κ1) is 19.4. The Balaban J connectivity index is 2.73. The summed E-state index contributed by atoms with van der Waals surface area (Å²) in [6.45, 7) is 15.2. The van der Waals surface area contributed by atoms with Crippen molar-refractivity contribution in [1.82, 2.24) is 0 Å². The first-order valence-corrected chi connectivity index (χ1v) is 9.14. The lowest BCUT2D eigenvalue weighted by atomic mass is 9.84. The third kappa shape index (κ3) is 4.56. The largest absolute Gasteiger partial charge is 0.496 e. The minimum atomic E-state index is -0.232. The summed E-state index contributed by atoms with van der Waals surface area (Å²) in [5, 5.41) is 0. The lowest BCUT2D eigenvalue weighted by Gasteiger charge is -2.24. The SMILES string of the molecule is COc1ccc(OC(C)(C)C)cc1-c1c(C(C)C)cccc1C(C)C. The molecule has 0 bridgehead atoms. The average molecular weight is 341 g/mol. The third-order valence-electron chi connectivity index (χ3n) is 4.24. The van der Waals surface area contributed by atoms with Gasteiger partial charge in [0.05, 0.1) is 7.11 Å². The molecule has 0 atom stereocenters. The van der Waals surface area contributed by atoms with Gasteiger partial charge < -0.3 is 9.47 Å². The predicted octanol–water partition coefficient (Wildman–Crippen LogP) is 6.79. The van der Waals surface area contributed by atoms with E-state index in [1.54, 1.807) is 7.11 Å². The third-order valence-corrected chi connectivity index (χ3v) is 4.24. The standard InChI is InChI=1S/C23H32O2/c1-15(2)18-10-9-11-19(16(3)4)22(18)20-14-17(25-23(5,6)7)12-13-21(20)24-8/h9-16H,1-8H3. The fourth-order valence-corrected chi connectivity index (χ4v) is 3.16. The first-order chi connectivity index (χ1) is 11.6. The molecule has 0 saturated carbocycles. The maximum Gasteiger partial charge on any atom is 0.126 e. The molecule has 0 saturated heterocycles. The molecule has 0 unspecified atom stereocenters. The Bertz CT molecular complexity index is 695. The molecule has 0 aliphatic carbocycles. The van der Waals surface area contributed by atoms with Crippen LogP contribution in [0.3, 0.4) is 0 Å². The molecule has 0 amide bonds. The van der Waals surface area contributed by atoms with E-state index in [4.69, 9.17) is 9.47 Å². The first-order valence-electron chi connectivity index (χ1n) is 9.14. The van der Waals surface area contributed by atoms with Gasteiger partial charge >= 0.3 is 0 Å². The topological polar surface area (TPSA) is 18.5 Å². The molecule has 0 aliphatic heterocycles. The highest BCUT2D eigenvalue weighted by Crippen LogP contribution is 2.42. The number of ether oxygens (including phenoxy) is 2. The van der Waals surface area contributed by atoms with Gasteiger partial charge in [0.2, 0.25) is 0 Å². The van der Waals surface area contributed by atoms with Crippen LogP contribution in [-0.4, -0.2) is 12.7 Å². The Morgan fingerprint density at radius 2 is 1.40 bits per heavy atom. The van der Waals surface area contributed by atoms with Crippen molar-refractivity contribution in [3.05, 3.63) is 47.5 Å². The molecular formula is C23H32O2. The molecule has 2 rings (SSSR count). The number of methoxy groups -OCH3 is 1. The van der Waals surface area contributed by atoms with Crippen molar-refractivity contribution in [2.75, 3.05) is 7.11 Å². The molecule has 2 aromatic carbocycles. The van der Waals surface area contributed by atoms with E-state index < -0.39 is 0 Å². The van der Waals surface area contributed by atoms with Crippen LogP contribution in [0.5, 0.6) is 11.5 Å². The second-order valence-corrected chi connectivity index (χ2v) is 8.20. The van der Waals surface area contributed by atoms with Gasteiger partial charge in [0.25, 0.3) is 0 Å². The van der Waals surface area contributed by atoms with Crippen molar-refractivity contribution in [2.24, 2.45) is 0 Å². The van der Waals surface area contributed by atoms with E-state index in [1.165, 1.54) is 16.7 Å². The maximum atomic E-state index is 6.11. The summed E-state index contributed by atoms with van der Waals surface area (Å²) in [4.78, 5) is 0. The number of hydrogen-bond acceptors (Lipinski definition) is 2. The molecule has 0 N–H and O–H groups in total. The van der Waals surface area contributed by atoms with Gasteiger partial charge in [-0.2, -0.15) is 0 Å².